The molecule has 0 saturated heterocycles. The lowest BCUT2D eigenvalue weighted by molar-refractivity contribution is 0.0998. The van der Waals surface area contributed by atoms with Crippen molar-refractivity contribution < 1.29 is 9.59 Å². The SMILES string of the molecule is Cl.NC(=O)c1ccc(Cl)c(C(=O)N(c2cccc(-n3cccn3)c2)c2cnc3[nH]ccc3c2)c1. The van der Waals surface area contributed by atoms with Gasteiger partial charge in [0.25, 0.3) is 5.91 Å². The first-order chi connectivity index (χ1) is 16.0. The van der Waals surface area contributed by atoms with Gasteiger partial charge in [0.1, 0.15) is 5.65 Å². The third kappa shape index (κ3) is 4.24. The fraction of sp³-hybridized carbons (Fsp3) is 0. The molecule has 5 aromatic rings. The predicted octanol–water partition coefficient (Wildman–Crippen LogP) is 4.90. The Labute approximate surface area is 205 Å². The Morgan fingerprint density at radius 3 is 2.65 bits per heavy atom. The lowest BCUT2D eigenvalue weighted by Gasteiger charge is -2.24. The van der Waals surface area contributed by atoms with E-state index in [2.05, 4.69) is 15.1 Å². The van der Waals surface area contributed by atoms with Gasteiger partial charge < -0.3 is 10.7 Å². The van der Waals surface area contributed by atoms with E-state index in [0.29, 0.717) is 17.0 Å². The van der Waals surface area contributed by atoms with Crippen molar-refractivity contribution in [1.29, 1.82) is 0 Å². The molecule has 3 aromatic heterocycles. The molecule has 0 saturated carbocycles. The summed E-state index contributed by atoms with van der Waals surface area (Å²) in [6.45, 7) is 0. The van der Waals surface area contributed by atoms with Crippen molar-refractivity contribution >= 4 is 58.2 Å². The highest BCUT2D eigenvalue weighted by Gasteiger charge is 2.24. The van der Waals surface area contributed by atoms with Crippen LogP contribution in [0.4, 0.5) is 11.4 Å². The number of carbonyl (C=O) groups is 2. The van der Waals surface area contributed by atoms with Crippen molar-refractivity contribution in [1.82, 2.24) is 19.7 Å². The van der Waals surface area contributed by atoms with Gasteiger partial charge in [-0.3, -0.25) is 14.5 Å². The van der Waals surface area contributed by atoms with E-state index in [0.717, 1.165) is 11.1 Å². The summed E-state index contributed by atoms with van der Waals surface area (Å²) in [5.74, 6) is -1.08. The van der Waals surface area contributed by atoms with E-state index in [9.17, 15) is 9.59 Å². The van der Waals surface area contributed by atoms with Crippen LogP contribution in [0, 0.1) is 0 Å². The summed E-state index contributed by atoms with van der Waals surface area (Å²) in [4.78, 5) is 34.5. The number of hydrogen-bond donors (Lipinski definition) is 2. The molecule has 0 radical (unpaired) electrons. The van der Waals surface area contributed by atoms with E-state index >= 15 is 0 Å². The number of nitrogens with two attached hydrogens (primary N) is 1. The molecule has 0 fully saturated rings. The summed E-state index contributed by atoms with van der Waals surface area (Å²) in [5.41, 5.74) is 8.33. The molecule has 2 aromatic carbocycles. The first-order valence-electron chi connectivity index (χ1n) is 9.98. The number of nitrogens with one attached hydrogen (secondary N) is 1. The zero-order valence-electron chi connectivity index (χ0n) is 17.6. The van der Waals surface area contributed by atoms with Gasteiger partial charge in [0.05, 0.1) is 33.8 Å². The van der Waals surface area contributed by atoms with Crippen molar-refractivity contribution in [2.75, 3.05) is 4.90 Å². The first-order valence-corrected chi connectivity index (χ1v) is 10.4. The number of nitrogens with zero attached hydrogens (tertiary/aromatic N) is 4. The molecule has 10 heteroatoms. The Kier molecular flexibility index (Phi) is 6.36. The van der Waals surface area contributed by atoms with E-state index in [-0.39, 0.29) is 28.6 Å². The highest BCUT2D eigenvalue weighted by Crippen LogP contribution is 2.32. The highest BCUT2D eigenvalue weighted by atomic mass is 35.5. The third-order valence-electron chi connectivity index (χ3n) is 5.19. The molecule has 0 atom stereocenters. The fourth-order valence-corrected chi connectivity index (χ4v) is 3.79. The maximum absolute atomic E-state index is 13.8. The summed E-state index contributed by atoms with van der Waals surface area (Å²) in [5, 5.41) is 5.31. The minimum absolute atomic E-state index is 0. The molecule has 2 amide bonds. The largest absolute Gasteiger partial charge is 0.366 e. The van der Waals surface area contributed by atoms with Crippen molar-refractivity contribution in [3.05, 3.63) is 102 Å². The molecule has 3 N–H and O–H groups in total. The second-order valence-electron chi connectivity index (χ2n) is 7.28. The lowest BCUT2D eigenvalue weighted by atomic mass is 10.1. The van der Waals surface area contributed by atoms with Crippen LogP contribution in [0.1, 0.15) is 20.7 Å². The second-order valence-corrected chi connectivity index (χ2v) is 7.69. The van der Waals surface area contributed by atoms with Gasteiger partial charge in [-0.1, -0.05) is 17.7 Å². The van der Waals surface area contributed by atoms with E-state index in [1.54, 1.807) is 29.3 Å². The average Bonchev–Trinajstić information content (AvgIpc) is 3.51. The van der Waals surface area contributed by atoms with E-state index < -0.39 is 11.8 Å². The van der Waals surface area contributed by atoms with Crippen LogP contribution >= 0.6 is 24.0 Å². The van der Waals surface area contributed by atoms with Crippen molar-refractivity contribution in [3.63, 3.8) is 0 Å². The molecule has 3 heterocycles. The van der Waals surface area contributed by atoms with Gasteiger partial charge in [-0.2, -0.15) is 5.10 Å². The topological polar surface area (TPSA) is 110 Å². The Morgan fingerprint density at radius 1 is 1.03 bits per heavy atom. The molecule has 5 rings (SSSR count). The molecule has 0 spiro atoms. The maximum atomic E-state index is 13.8. The number of halogens is 2. The quantitative estimate of drug-likeness (QED) is 0.363. The molecule has 0 bridgehead atoms. The number of aromatic amines is 1. The van der Waals surface area contributed by atoms with Crippen LogP contribution in [-0.4, -0.2) is 31.6 Å². The van der Waals surface area contributed by atoms with Gasteiger partial charge in [0.15, 0.2) is 0 Å². The van der Waals surface area contributed by atoms with Gasteiger partial charge in [0.2, 0.25) is 5.91 Å². The molecule has 0 aliphatic rings. The fourth-order valence-electron chi connectivity index (χ4n) is 3.59. The molecular weight excluding hydrogens is 475 g/mol. The van der Waals surface area contributed by atoms with Crippen molar-refractivity contribution in [2.45, 2.75) is 0 Å². The Hall–Kier alpha value is -4.14. The summed E-state index contributed by atoms with van der Waals surface area (Å²) < 4.78 is 1.69. The standard InChI is InChI=1S/C24H17ClN6O2.ClH/c25-21-6-5-15(22(26)32)12-20(21)24(33)31(19-11-16-7-9-27-23(16)28-14-19)18-4-1-3-17(13-18)30-10-2-8-29-30;/h1-14H,(H2,26,32)(H,27,28);1H. The summed E-state index contributed by atoms with van der Waals surface area (Å²) in [6.07, 6.45) is 6.86. The van der Waals surface area contributed by atoms with Gasteiger partial charge in [0, 0.05) is 29.5 Å². The van der Waals surface area contributed by atoms with Crippen LogP contribution in [0.25, 0.3) is 16.7 Å². The van der Waals surface area contributed by atoms with E-state index in [4.69, 9.17) is 17.3 Å². The lowest BCUT2D eigenvalue weighted by Crippen LogP contribution is -2.27. The molecule has 0 aliphatic carbocycles. The van der Waals surface area contributed by atoms with E-state index in [1.165, 1.54) is 23.1 Å². The van der Waals surface area contributed by atoms with Crippen molar-refractivity contribution in [2.24, 2.45) is 5.73 Å². The van der Waals surface area contributed by atoms with Crippen LogP contribution in [0.5, 0.6) is 0 Å². The van der Waals surface area contributed by atoms with Gasteiger partial charge in [-0.25, -0.2) is 9.67 Å². The smallest absolute Gasteiger partial charge is 0.264 e. The van der Waals surface area contributed by atoms with Crippen molar-refractivity contribution in [3.8, 4) is 5.69 Å². The minimum atomic E-state index is -0.650. The normalized spacial score (nSPS) is 10.6. The van der Waals surface area contributed by atoms with Crippen LogP contribution in [0.2, 0.25) is 5.02 Å². The number of primary amides is 1. The molecule has 34 heavy (non-hydrogen) atoms. The number of H-pyrrole nitrogens is 1. The van der Waals surface area contributed by atoms with Gasteiger partial charge >= 0.3 is 0 Å². The molecule has 170 valence electrons. The Bertz CT molecular complexity index is 1500. The van der Waals surface area contributed by atoms with Crippen LogP contribution < -0.4 is 10.6 Å². The number of fused-ring (bicyclic) bond motifs is 1. The van der Waals surface area contributed by atoms with Gasteiger partial charge in [-0.05, 0) is 54.6 Å². The number of aromatic nitrogens is 4. The maximum Gasteiger partial charge on any atom is 0.264 e. The number of anilines is 2. The number of hydrogen-bond acceptors (Lipinski definition) is 4. The van der Waals surface area contributed by atoms with Crippen LogP contribution in [-0.2, 0) is 0 Å². The summed E-state index contributed by atoms with van der Waals surface area (Å²) in [7, 11) is 0. The van der Waals surface area contributed by atoms with Crippen LogP contribution in [0.3, 0.4) is 0 Å². The zero-order chi connectivity index (χ0) is 22.9. The average molecular weight is 493 g/mol. The number of rotatable bonds is 5. The molecule has 0 unspecified atom stereocenters. The van der Waals surface area contributed by atoms with Crippen LogP contribution in [0.15, 0.2) is 85.5 Å². The molecule has 0 aliphatic heterocycles. The number of pyridine rings is 1. The Morgan fingerprint density at radius 2 is 1.88 bits per heavy atom. The van der Waals surface area contributed by atoms with E-state index in [1.807, 2.05) is 42.6 Å². The number of benzene rings is 2. The molecule has 8 nitrogen and oxygen atoms in total. The monoisotopic (exact) mass is 492 g/mol. The van der Waals surface area contributed by atoms with Gasteiger partial charge in [-0.15, -0.1) is 12.4 Å². The third-order valence-corrected chi connectivity index (χ3v) is 5.51. The Balaban J connectivity index is 0.00000274. The number of amides is 2. The molecular formula is C24H18Cl2N6O2. The number of carbonyl (C=O) groups excluding carboxylic acids is 2. The summed E-state index contributed by atoms with van der Waals surface area (Å²) in [6, 6.07) is 17.3. The predicted molar refractivity (Wildman–Crippen MR) is 133 cm³/mol. The highest BCUT2D eigenvalue weighted by molar-refractivity contribution is 6.35. The minimum Gasteiger partial charge on any atom is -0.366 e. The zero-order valence-corrected chi connectivity index (χ0v) is 19.1. The second kappa shape index (κ2) is 9.38. The summed E-state index contributed by atoms with van der Waals surface area (Å²) >= 11 is 6.37. The first kappa shape index (κ1) is 23.0.